The Morgan fingerprint density at radius 3 is 2.81 bits per heavy atom. The van der Waals surface area contributed by atoms with Gasteiger partial charge in [0.1, 0.15) is 11.6 Å². The van der Waals surface area contributed by atoms with Crippen LogP contribution in [0, 0.1) is 5.92 Å². The van der Waals surface area contributed by atoms with E-state index in [1.54, 1.807) is 23.9 Å². The van der Waals surface area contributed by atoms with E-state index in [4.69, 9.17) is 9.26 Å². The van der Waals surface area contributed by atoms with Crippen molar-refractivity contribution in [3.8, 4) is 11.5 Å². The van der Waals surface area contributed by atoms with Crippen molar-refractivity contribution in [2.45, 2.75) is 33.1 Å². The number of carbonyl (C=O) groups is 1. The number of esters is 1. The van der Waals surface area contributed by atoms with Crippen LogP contribution in [-0.4, -0.2) is 32.5 Å². The van der Waals surface area contributed by atoms with Gasteiger partial charge in [-0.25, -0.2) is 0 Å². The first-order valence-corrected chi connectivity index (χ1v) is 7.01. The maximum atomic E-state index is 12.1. The van der Waals surface area contributed by atoms with Gasteiger partial charge < -0.3 is 9.26 Å². The Morgan fingerprint density at radius 1 is 1.48 bits per heavy atom. The van der Waals surface area contributed by atoms with E-state index in [0.717, 1.165) is 0 Å². The molecule has 7 heteroatoms. The third-order valence-electron chi connectivity index (χ3n) is 2.96. The normalized spacial score (nSPS) is 12.6. The number of ether oxygens (including phenoxy) is 1. The molecule has 0 aliphatic carbocycles. The molecule has 1 unspecified atom stereocenters. The third kappa shape index (κ3) is 3.68. The van der Waals surface area contributed by atoms with Crippen LogP contribution < -0.4 is 0 Å². The number of aromatic nitrogens is 4. The maximum absolute atomic E-state index is 12.1. The molecule has 0 fully saturated rings. The van der Waals surface area contributed by atoms with Gasteiger partial charge in [0.2, 0.25) is 11.7 Å². The summed E-state index contributed by atoms with van der Waals surface area (Å²) in [5.74, 6) is 0.105. The number of carbonyl (C=O) groups excluding carboxylic acids is 1. The number of rotatable bonds is 6. The minimum atomic E-state index is -0.532. The lowest BCUT2D eigenvalue weighted by Crippen LogP contribution is -2.18. The Labute approximate surface area is 123 Å². The lowest BCUT2D eigenvalue weighted by molar-refractivity contribution is -0.146. The monoisotopic (exact) mass is 292 g/mol. The zero-order valence-electron chi connectivity index (χ0n) is 12.7. The van der Waals surface area contributed by atoms with E-state index >= 15 is 0 Å². The first-order chi connectivity index (χ1) is 10.0. The maximum Gasteiger partial charge on any atom is 0.318 e. The van der Waals surface area contributed by atoms with Gasteiger partial charge in [0.05, 0.1) is 6.61 Å². The summed E-state index contributed by atoms with van der Waals surface area (Å²) in [6.45, 7) is 6.16. The van der Waals surface area contributed by atoms with Crippen LogP contribution in [0.15, 0.2) is 16.8 Å². The van der Waals surface area contributed by atoms with Crippen molar-refractivity contribution in [3.63, 3.8) is 0 Å². The van der Waals surface area contributed by atoms with Crippen LogP contribution in [0.3, 0.4) is 0 Å². The molecule has 0 aliphatic rings. The van der Waals surface area contributed by atoms with Gasteiger partial charge in [-0.2, -0.15) is 10.1 Å². The fourth-order valence-corrected chi connectivity index (χ4v) is 2.03. The second kappa shape index (κ2) is 6.51. The molecule has 7 nitrogen and oxygen atoms in total. The summed E-state index contributed by atoms with van der Waals surface area (Å²) in [7, 11) is 1.81. The third-order valence-corrected chi connectivity index (χ3v) is 2.96. The van der Waals surface area contributed by atoms with Gasteiger partial charge in [0.15, 0.2) is 0 Å². The highest BCUT2D eigenvalue weighted by molar-refractivity contribution is 5.76. The molecule has 0 N–H and O–H groups in total. The SMILES string of the molecule is CCOC(=O)C(CC(C)C)c1nc(-c2ccn(C)n2)no1. The molecule has 1 atom stereocenters. The molecule has 2 heterocycles. The zero-order chi connectivity index (χ0) is 15.4. The van der Waals surface area contributed by atoms with E-state index in [2.05, 4.69) is 15.2 Å². The highest BCUT2D eigenvalue weighted by atomic mass is 16.5. The van der Waals surface area contributed by atoms with Gasteiger partial charge in [-0.05, 0) is 25.3 Å². The van der Waals surface area contributed by atoms with Crippen molar-refractivity contribution in [2.24, 2.45) is 13.0 Å². The Morgan fingerprint density at radius 2 is 2.24 bits per heavy atom. The Bertz CT molecular complexity index is 603. The predicted molar refractivity (Wildman–Crippen MR) is 75.3 cm³/mol. The summed E-state index contributed by atoms with van der Waals surface area (Å²) >= 11 is 0. The van der Waals surface area contributed by atoms with Crippen molar-refractivity contribution >= 4 is 5.97 Å². The minimum Gasteiger partial charge on any atom is -0.465 e. The van der Waals surface area contributed by atoms with Gasteiger partial charge in [0.25, 0.3) is 0 Å². The largest absolute Gasteiger partial charge is 0.465 e. The highest BCUT2D eigenvalue weighted by Gasteiger charge is 2.29. The molecule has 0 saturated heterocycles. The summed E-state index contributed by atoms with van der Waals surface area (Å²) in [4.78, 5) is 16.4. The van der Waals surface area contributed by atoms with Gasteiger partial charge in [-0.15, -0.1) is 0 Å². The standard InChI is InChI=1S/C14H20N4O3/c1-5-20-14(19)10(8-9(2)3)13-15-12(17-21-13)11-6-7-18(4)16-11/h6-7,9-10H,5,8H2,1-4H3. The molecule has 0 amide bonds. The Balaban J connectivity index is 2.24. The predicted octanol–water partition coefficient (Wildman–Crippen LogP) is 2.16. The van der Waals surface area contributed by atoms with Gasteiger partial charge >= 0.3 is 5.97 Å². The molecular formula is C14H20N4O3. The van der Waals surface area contributed by atoms with Gasteiger partial charge in [-0.1, -0.05) is 19.0 Å². The first-order valence-electron chi connectivity index (χ1n) is 7.01. The summed E-state index contributed by atoms with van der Waals surface area (Å²) in [5.41, 5.74) is 0.611. The molecular weight excluding hydrogens is 272 g/mol. The number of aryl methyl sites for hydroxylation is 1. The fourth-order valence-electron chi connectivity index (χ4n) is 2.03. The number of hydrogen-bond acceptors (Lipinski definition) is 6. The second-order valence-electron chi connectivity index (χ2n) is 5.27. The molecule has 2 aromatic rings. The minimum absolute atomic E-state index is 0.280. The average molecular weight is 292 g/mol. The number of nitrogens with zero attached hydrogens (tertiary/aromatic N) is 4. The lowest BCUT2D eigenvalue weighted by Gasteiger charge is -2.13. The fraction of sp³-hybridized carbons (Fsp3) is 0.571. The topological polar surface area (TPSA) is 83.0 Å². The van der Waals surface area contributed by atoms with Gasteiger partial charge in [0, 0.05) is 13.2 Å². The first kappa shape index (κ1) is 15.2. The van der Waals surface area contributed by atoms with Crippen LogP contribution in [-0.2, 0) is 16.6 Å². The summed E-state index contributed by atoms with van der Waals surface area (Å²) < 4.78 is 12.0. The molecule has 0 bridgehead atoms. The van der Waals surface area contributed by atoms with E-state index in [9.17, 15) is 4.79 Å². The summed E-state index contributed by atoms with van der Waals surface area (Å²) in [6.07, 6.45) is 2.39. The summed E-state index contributed by atoms with van der Waals surface area (Å²) in [6, 6.07) is 1.79. The van der Waals surface area contributed by atoms with Crippen LogP contribution in [0.5, 0.6) is 0 Å². The van der Waals surface area contributed by atoms with Crippen molar-refractivity contribution in [3.05, 3.63) is 18.2 Å². The molecule has 0 aromatic carbocycles. The summed E-state index contributed by atoms with van der Waals surface area (Å²) in [5, 5.41) is 8.11. The quantitative estimate of drug-likeness (QED) is 0.759. The molecule has 114 valence electrons. The van der Waals surface area contributed by atoms with Crippen molar-refractivity contribution < 1.29 is 14.1 Å². The second-order valence-corrected chi connectivity index (χ2v) is 5.27. The smallest absolute Gasteiger partial charge is 0.318 e. The molecule has 21 heavy (non-hydrogen) atoms. The van der Waals surface area contributed by atoms with Crippen LogP contribution >= 0.6 is 0 Å². The molecule has 0 saturated carbocycles. The van der Waals surface area contributed by atoms with Crippen molar-refractivity contribution in [1.82, 2.24) is 19.9 Å². The Kier molecular flexibility index (Phi) is 4.72. The highest BCUT2D eigenvalue weighted by Crippen LogP contribution is 2.25. The van der Waals surface area contributed by atoms with Crippen molar-refractivity contribution in [2.75, 3.05) is 6.61 Å². The van der Waals surface area contributed by atoms with E-state index < -0.39 is 5.92 Å². The zero-order valence-corrected chi connectivity index (χ0v) is 12.7. The van der Waals surface area contributed by atoms with E-state index in [0.29, 0.717) is 30.5 Å². The number of hydrogen-bond donors (Lipinski definition) is 0. The van der Waals surface area contributed by atoms with Crippen LogP contribution in [0.25, 0.3) is 11.5 Å². The van der Waals surface area contributed by atoms with E-state index in [1.807, 2.05) is 20.9 Å². The molecule has 2 aromatic heterocycles. The average Bonchev–Trinajstić information content (AvgIpc) is 3.04. The van der Waals surface area contributed by atoms with E-state index in [1.165, 1.54) is 0 Å². The van der Waals surface area contributed by atoms with Crippen molar-refractivity contribution in [1.29, 1.82) is 0 Å². The van der Waals surface area contributed by atoms with Crippen LogP contribution in [0.2, 0.25) is 0 Å². The molecule has 2 rings (SSSR count). The van der Waals surface area contributed by atoms with E-state index in [-0.39, 0.29) is 11.9 Å². The van der Waals surface area contributed by atoms with Crippen LogP contribution in [0.1, 0.15) is 39.0 Å². The molecule has 0 radical (unpaired) electrons. The molecule has 0 spiro atoms. The Hall–Kier alpha value is -2.18. The molecule has 0 aliphatic heterocycles. The lowest BCUT2D eigenvalue weighted by atomic mass is 9.97. The van der Waals surface area contributed by atoms with Gasteiger partial charge in [-0.3, -0.25) is 9.48 Å². The van der Waals surface area contributed by atoms with Crippen LogP contribution in [0.4, 0.5) is 0 Å².